The second kappa shape index (κ2) is 4.42. The van der Waals surface area contributed by atoms with Crippen LogP contribution in [0, 0.1) is 5.92 Å². The van der Waals surface area contributed by atoms with E-state index < -0.39 is 0 Å². The number of carbonyl (C=O) groups excluding carboxylic acids is 1. The summed E-state index contributed by atoms with van der Waals surface area (Å²) in [6.45, 7) is 8.06. The van der Waals surface area contributed by atoms with E-state index in [2.05, 4.69) is 6.58 Å². The summed E-state index contributed by atoms with van der Waals surface area (Å²) < 4.78 is 10.3. The Morgan fingerprint density at radius 1 is 1.85 bits per heavy atom. The molecule has 0 aromatic carbocycles. The summed E-state index contributed by atoms with van der Waals surface area (Å²) in [5.41, 5.74) is 0. The molecule has 1 heterocycles. The van der Waals surface area contributed by atoms with Crippen molar-refractivity contribution in [1.82, 2.24) is 0 Å². The number of esters is 1. The van der Waals surface area contributed by atoms with E-state index in [1.807, 2.05) is 13.8 Å². The maximum atomic E-state index is 10.8. The van der Waals surface area contributed by atoms with E-state index in [0.717, 1.165) is 13.0 Å². The predicted octanol–water partition coefficient (Wildman–Crippen LogP) is 1.53. The third-order valence-electron chi connectivity index (χ3n) is 2.36. The highest BCUT2D eigenvalue weighted by atomic mass is 16.5. The Morgan fingerprint density at radius 3 is 2.92 bits per heavy atom. The molecule has 3 heteroatoms. The van der Waals surface area contributed by atoms with Crippen LogP contribution in [0.3, 0.4) is 0 Å². The molecule has 0 amide bonds. The zero-order valence-electron chi connectivity index (χ0n) is 8.16. The first-order valence-corrected chi connectivity index (χ1v) is 4.58. The highest BCUT2D eigenvalue weighted by molar-refractivity contribution is 5.81. The maximum absolute atomic E-state index is 10.8. The van der Waals surface area contributed by atoms with Crippen LogP contribution in [0.5, 0.6) is 0 Å². The third-order valence-corrected chi connectivity index (χ3v) is 2.36. The minimum atomic E-state index is -0.347. The van der Waals surface area contributed by atoms with Crippen molar-refractivity contribution in [2.45, 2.75) is 32.5 Å². The summed E-state index contributed by atoms with van der Waals surface area (Å²) in [5, 5.41) is 0. The molecule has 1 fully saturated rings. The second-order valence-corrected chi connectivity index (χ2v) is 3.49. The van der Waals surface area contributed by atoms with Crippen molar-refractivity contribution in [1.29, 1.82) is 0 Å². The van der Waals surface area contributed by atoms with Crippen LogP contribution in [0.25, 0.3) is 0 Å². The summed E-state index contributed by atoms with van der Waals surface area (Å²) in [5.74, 6) is 0.188. The quantitative estimate of drug-likeness (QED) is 0.491. The molecule has 1 rings (SSSR count). The van der Waals surface area contributed by atoms with Gasteiger partial charge in [0.2, 0.25) is 0 Å². The van der Waals surface area contributed by atoms with Crippen molar-refractivity contribution in [2.24, 2.45) is 5.92 Å². The molecule has 0 bridgehead atoms. The van der Waals surface area contributed by atoms with Crippen LogP contribution in [0.2, 0.25) is 0 Å². The van der Waals surface area contributed by atoms with Gasteiger partial charge in [-0.2, -0.15) is 0 Å². The first kappa shape index (κ1) is 10.3. The molecule has 3 nitrogen and oxygen atoms in total. The van der Waals surface area contributed by atoms with E-state index in [1.54, 1.807) is 0 Å². The summed E-state index contributed by atoms with van der Waals surface area (Å²) in [6, 6.07) is 0. The van der Waals surface area contributed by atoms with Crippen molar-refractivity contribution in [3.05, 3.63) is 12.7 Å². The van der Waals surface area contributed by atoms with E-state index in [-0.39, 0.29) is 12.1 Å². The zero-order chi connectivity index (χ0) is 9.84. The predicted molar refractivity (Wildman–Crippen MR) is 49.3 cm³/mol. The molecule has 0 radical (unpaired) electrons. The topological polar surface area (TPSA) is 35.5 Å². The molecule has 1 aliphatic rings. The van der Waals surface area contributed by atoms with Gasteiger partial charge >= 0.3 is 5.97 Å². The largest absolute Gasteiger partial charge is 0.460 e. The summed E-state index contributed by atoms with van der Waals surface area (Å²) >= 11 is 0. The van der Waals surface area contributed by atoms with E-state index in [4.69, 9.17) is 9.47 Å². The smallest absolute Gasteiger partial charge is 0.330 e. The average Bonchev–Trinajstić information content (AvgIpc) is 2.11. The molecule has 0 spiro atoms. The standard InChI is InChI=1S/C10H16O3/c1-4-10(11)13-7(2)5-9-6-12-8(9)3/h4,7-9H,1,5-6H2,2-3H3. The lowest BCUT2D eigenvalue weighted by Gasteiger charge is -2.35. The monoisotopic (exact) mass is 184 g/mol. The average molecular weight is 184 g/mol. The van der Waals surface area contributed by atoms with E-state index >= 15 is 0 Å². The lowest BCUT2D eigenvalue weighted by Crippen LogP contribution is -2.39. The van der Waals surface area contributed by atoms with Crippen LogP contribution in [0.4, 0.5) is 0 Å². The molecule has 1 aliphatic heterocycles. The van der Waals surface area contributed by atoms with Crippen LogP contribution in [0.15, 0.2) is 12.7 Å². The van der Waals surface area contributed by atoms with Gasteiger partial charge in [-0.25, -0.2) is 4.79 Å². The fourth-order valence-electron chi connectivity index (χ4n) is 1.41. The van der Waals surface area contributed by atoms with Crippen molar-refractivity contribution in [3.63, 3.8) is 0 Å². The van der Waals surface area contributed by atoms with Gasteiger partial charge in [-0.05, 0) is 20.3 Å². The Labute approximate surface area is 78.7 Å². The number of carbonyl (C=O) groups is 1. The van der Waals surface area contributed by atoms with Crippen molar-refractivity contribution < 1.29 is 14.3 Å². The van der Waals surface area contributed by atoms with E-state index in [9.17, 15) is 4.79 Å². The van der Waals surface area contributed by atoms with Gasteiger partial charge in [-0.1, -0.05) is 6.58 Å². The molecule has 3 atom stereocenters. The third kappa shape index (κ3) is 2.84. The van der Waals surface area contributed by atoms with Gasteiger partial charge in [-0.15, -0.1) is 0 Å². The highest BCUT2D eigenvalue weighted by Gasteiger charge is 2.29. The Hall–Kier alpha value is -0.830. The number of ether oxygens (including phenoxy) is 2. The zero-order valence-corrected chi connectivity index (χ0v) is 8.16. The van der Waals surface area contributed by atoms with E-state index in [0.29, 0.717) is 12.0 Å². The minimum Gasteiger partial charge on any atom is -0.460 e. The first-order chi connectivity index (χ1) is 6.13. The van der Waals surface area contributed by atoms with Crippen LogP contribution in [-0.2, 0) is 14.3 Å². The number of rotatable bonds is 4. The van der Waals surface area contributed by atoms with Gasteiger partial charge in [-0.3, -0.25) is 0 Å². The molecule has 0 N–H and O–H groups in total. The fourth-order valence-corrected chi connectivity index (χ4v) is 1.41. The lowest BCUT2D eigenvalue weighted by molar-refractivity contribution is -0.150. The summed E-state index contributed by atoms with van der Waals surface area (Å²) in [7, 11) is 0. The van der Waals surface area contributed by atoms with E-state index in [1.165, 1.54) is 6.08 Å². The molecular formula is C10H16O3. The second-order valence-electron chi connectivity index (χ2n) is 3.49. The van der Waals surface area contributed by atoms with Crippen LogP contribution in [-0.4, -0.2) is 24.8 Å². The lowest BCUT2D eigenvalue weighted by atomic mass is 9.93. The van der Waals surface area contributed by atoms with Crippen molar-refractivity contribution in [2.75, 3.05) is 6.61 Å². The van der Waals surface area contributed by atoms with Gasteiger partial charge < -0.3 is 9.47 Å². The first-order valence-electron chi connectivity index (χ1n) is 4.58. The van der Waals surface area contributed by atoms with Gasteiger partial charge in [0.25, 0.3) is 0 Å². The molecule has 0 aromatic rings. The molecule has 13 heavy (non-hydrogen) atoms. The molecule has 1 saturated heterocycles. The molecule has 3 unspecified atom stereocenters. The van der Waals surface area contributed by atoms with Gasteiger partial charge in [0.15, 0.2) is 0 Å². The van der Waals surface area contributed by atoms with Crippen molar-refractivity contribution >= 4 is 5.97 Å². The normalized spacial score (nSPS) is 28.8. The summed E-state index contributed by atoms with van der Waals surface area (Å²) in [6.07, 6.45) is 2.34. The highest BCUT2D eigenvalue weighted by Crippen LogP contribution is 2.25. The molecular weight excluding hydrogens is 168 g/mol. The Kier molecular flexibility index (Phi) is 3.48. The number of hydrogen-bond donors (Lipinski definition) is 0. The van der Waals surface area contributed by atoms with Gasteiger partial charge in [0.1, 0.15) is 0 Å². The minimum absolute atomic E-state index is 0.0400. The van der Waals surface area contributed by atoms with Crippen LogP contribution in [0.1, 0.15) is 20.3 Å². The number of hydrogen-bond acceptors (Lipinski definition) is 3. The van der Waals surface area contributed by atoms with Crippen molar-refractivity contribution in [3.8, 4) is 0 Å². The fraction of sp³-hybridized carbons (Fsp3) is 0.700. The molecule has 0 aliphatic carbocycles. The SMILES string of the molecule is C=CC(=O)OC(C)CC1COC1C. The van der Waals surface area contributed by atoms with Crippen LogP contribution >= 0.6 is 0 Å². The molecule has 74 valence electrons. The Morgan fingerprint density at radius 2 is 2.54 bits per heavy atom. The van der Waals surface area contributed by atoms with Gasteiger partial charge in [0, 0.05) is 12.0 Å². The maximum Gasteiger partial charge on any atom is 0.330 e. The Bertz CT molecular complexity index is 200. The molecule has 0 aromatic heterocycles. The summed E-state index contributed by atoms with van der Waals surface area (Å²) in [4.78, 5) is 10.8. The Balaban J connectivity index is 2.20. The van der Waals surface area contributed by atoms with Crippen LogP contribution < -0.4 is 0 Å². The van der Waals surface area contributed by atoms with Gasteiger partial charge in [0.05, 0.1) is 18.8 Å². The molecule has 0 saturated carbocycles.